The van der Waals surface area contributed by atoms with Crippen LogP contribution in [-0.4, -0.2) is 58.4 Å². The minimum Gasteiger partial charge on any atom is -0.381 e. The number of amides is 2. The number of rotatable bonds is 5. The SMILES string of the molecule is C[C@@H]1Cc2ccccc2CN1C(=O)CN1Cc2ccc(-c3cc(NC4CCOCC4)ncc3Cl)cc2C1=O. The molecular weight excluding hydrogens is 500 g/mol. The molecule has 0 spiro atoms. The van der Waals surface area contributed by atoms with Crippen molar-refractivity contribution >= 4 is 29.2 Å². The van der Waals surface area contributed by atoms with E-state index in [-0.39, 0.29) is 24.4 Å². The fourth-order valence-corrected chi connectivity index (χ4v) is 5.93. The molecule has 0 unspecified atom stereocenters. The maximum atomic E-state index is 13.4. The number of nitrogens with one attached hydrogen (secondary N) is 1. The summed E-state index contributed by atoms with van der Waals surface area (Å²) >= 11 is 6.54. The third-order valence-corrected chi connectivity index (χ3v) is 8.18. The molecule has 7 nitrogen and oxygen atoms in total. The summed E-state index contributed by atoms with van der Waals surface area (Å²) in [6, 6.07) is 16.5. The van der Waals surface area contributed by atoms with Crippen LogP contribution in [0.15, 0.2) is 54.7 Å². The van der Waals surface area contributed by atoms with E-state index in [0.29, 0.717) is 29.7 Å². The van der Waals surface area contributed by atoms with E-state index in [1.54, 1.807) is 11.1 Å². The van der Waals surface area contributed by atoms with E-state index in [1.165, 1.54) is 11.1 Å². The Balaban J connectivity index is 1.17. The zero-order valence-corrected chi connectivity index (χ0v) is 22.2. The first-order valence-electron chi connectivity index (χ1n) is 13.2. The van der Waals surface area contributed by atoms with Crippen LogP contribution in [-0.2, 0) is 29.0 Å². The Morgan fingerprint density at radius 2 is 1.84 bits per heavy atom. The van der Waals surface area contributed by atoms with Gasteiger partial charge in [-0.25, -0.2) is 4.98 Å². The maximum Gasteiger partial charge on any atom is 0.254 e. The van der Waals surface area contributed by atoms with Crippen LogP contribution in [0.1, 0.15) is 46.8 Å². The highest BCUT2D eigenvalue weighted by atomic mass is 35.5. The second-order valence-electron chi connectivity index (χ2n) is 10.5. The molecular formula is C30H31ClN4O3. The molecule has 1 N–H and O–H groups in total. The van der Waals surface area contributed by atoms with Gasteiger partial charge in [-0.2, -0.15) is 0 Å². The molecule has 1 atom stereocenters. The van der Waals surface area contributed by atoms with Gasteiger partial charge >= 0.3 is 0 Å². The lowest BCUT2D eigenvalue weighted by molar-refractivity contribution is -0.135. The van der Waals surface area contributed by atoms with E-state index >= 15 is 0 Å². The topological polar surface area (TPSA) is 74.8 Å². The van der Waals surface area contributed by atoms with E-state index in [2.05, 4.69) is 29.4 Å². The molecule has 38 heavy (non-hydrogen) atoms. The van der Waals surface area contributed by atoms with Crippen LogP contribution in [0.5, 0.6) is 0 Å². The minimum atomic E-state index is -0.119. The Kier molecular flexibility index (Phi) is 6.80. The highest BCUT2D eigenvalue weighted by molar-refractivity contribution is 6.33. The summed E-state index contributed by atoms with van der Waals surface area (Å²) < 4.78 is 5.45. The number of pyridine rings is 1. The third kappa shape index (κ3) is 4.88. The van der Waals surface area contributed by atoms with Crippen molar-refractivity contribution in [3.8, 4) is 11.1 Å². The minimum absolute atomic E-state index is 0.0191. The second kappa shape index (κ2) is 10.4. The molecule has 3 aliphatic heterocycles. The monoisotopic (exact) mass is 530 g/mol. The van der Waals surface area contributed by atoms with Gasteiger partial charge in [0.2, 0.25) is 5.91 Å². The fourth-order valence-electron chi connectivity index (χ4n) is 5.71. The lowest BCUT2D eigenvalue weighted by Gasteiger charge is -2.35. The molecule has 3 aliphatic rings. The Hall–Kier alpha value is -3.42. The van der Waals surface area contributed by atoms with E-state index < -0.39 is 0 Å². The Bertz CT molecular complexity index is 1390. The summed E-state index contributed by atoms with van der Waals surface area (Å²) in [6.07, 6.45) is 4.35. The Morgan fingerprint density at radius 1 is 1.05 bits per heavy atom. The molecule has 1 saturated heterocycles. The zero-order chi connectivity index (χ0) is 26.2. The molecule has 0 saturated carbocycles. The third-order valence-electron chi connectivity index (χ3n) is 7.88. The van der Waals surface area contributed by atoms with Crippen molar-refractivity contribution in [2.45, 2.75) is 51.4 Å². The highest BCUT2D eigenvalue weighted by Gasteiger charge is 2.33. The molecule has 4 heterocycles. The Labute approximate surface area is 227 Å². The van der Waals surface area contributed by atoms with Crippen LogP contribution in [0.2, 0.25) is 5.02 Å². The van der Waals surface area contributed by atoms with Gasteiger partial charge in [-0.15, -0.1) is 0 Å². The van der Waals surface area contributed by atoms with Crippen LogP contribution in [0.25, 0.3) is 11.1 Å². The molecule has 2 aromatic carbocycles. The average molecular weight is 531 g/mol. The number of carbonyl (C=O) groups is 2. The molecule has 196 valence electrons. The lowest BCUT2D eigenvalue weighted by atomic mass is 9.95. The van der Waals surface area contributed by atoms with Crippen LogP contribution in [0.4, 0.5) is 5.82 Å². The number of hydrogen-bond acceptors (Lipinski definition) is 5. The first kappa shape index (κ1) is 24.9. The van der Waals surface area contributed by atoms with Crippen LogP contribution >= 0.6 is 11.6 Å². The normalized spacial score (nSPS) is 19.3. The molecule has 2 amide bonds. The number of anilines is 1. The highest BCUT2D eigenvalue weighted by Crippen LogP contribution is 2.34. The maximum absolute atomic E-state index is 13.4. The number of carbonyl (C=O) groups excluding carboxylic acids is 2. The molecule has 8 heteroatoms. The number of halogens is 1. The van der Waals surface area contributed by atoms with Crippen molar-refractivity contribution in [1.29, 1.82) is 0 Å². The van der Waals surface area contributed by atoms with Gasteiger partial charge in [0.15, 0.2) is 0 Å². The van der Waals surface area contributed by atoms with Crippen molar-refractivity contribution < 1.29 is 14.3 Å². The average Bonchev–Trinajstić information content (AvgIpc) is 3.24. The van der Waals surface area contributed by atoms with Crippen LogP contribution < -0.4 is 5.32 Å². The van der Waals surface area contributed by atoms with Gasteiger partial charge < -0.3 is 19.9 Å². The number of benzene rings is 2. The van der Waals surface area contributed by atoms with E-state index in [4.69, 9.17) is 16.3 Å². The van der Waals surface area contributed by atoms with E-state index in [1.807, 2.05) is 41.3 Å². The number of nitrogens with zero attached hydrogens (tertiary/aromatic N) is 3. The van der Waals surface area contributed by atoms with Crippen molar-refractivity contribution in [2.75, 3.05) is 25.1 Å². The standard InChI is InChI=1S/C30H31ClN4O3/c1-19-12-20-4-2-3-5-22(20)17-35(19)29(36)18-34-16-23-7-6-21(13-26(23)30(34)37)25-14-28(32-15-27(25)31)33-24-8-10-38-11-9-24/h2-7,13-15,19,24H,8-12,16-18H2,1H3,(H,32,33)/t19-/m1/s1. The first-order valence-corrected chi connectivity index (χ1v) is 13.6. The number of fused-ring (bicyclic) bond motifs is 2. The molecule has 1 fully saturated rings. The molecule has 0 bridgehead atoms. The van der Waals surface area contributed by atoms with Gasteiger partial charge in [0.25, 0.3) is 5.91 Å². The van der Waals surface area contributed by atoms with Crippen molar-refractivity contribution in [1.82, 2.24) is 14.8 Å². The number of aromatic nitrogens is 1. The van der Waals surface area contributed by atoms with Gasteiger partial charge in [0, 0.05) is 55.7 Å². The van der Waals surface area contributed by atoms with E-state index in [0.717, 1.165) is 55.0 Å². The van der Waals surface area contributed by atoms with Gasteiger partial charge in [0.05, 0.1) is 5.02 Å². The summed E-state index contributed by atoms with van der Waals surface area (Å²) in [5, 5.41) is 4.01. The summed E-state index contributed by atoms with van der Waals surface area (Å²) in [5.74, 6) is 0.618. The predicted octanol–water partition coefficient (Wildman–Crippen LogP) is 4.92. The van der Waals surface area contributed by atoms with Gasteiger partial charge in [-0.3, -0.25) is 9.59 Å². The van der Waals surface area contributed by atoms with Gasteiger partial charge in [0.1, 0.15) is 12.4 Å². The first-order chi connectivity index (χ1) is 18.5. The predicted molar refractivity (Wildman–Crippen MR) is 147 cm³/mol. The second-order valence-corrected chi connectivity index (χ2v) is 10.9. The molecule has 1 aromatic heterocycles. The number of hydrogen-bond donors (Lipinski definition) is 1. The molecule has 6 rings (SSSR count). The van der Waals surface area contributed by atoms with Gasteiger partial charge in [-0.1, -0.05) is 48.0 Å². The Morgan fingerprint density at radius 3 is 2.66 bits per heavy atom. The summed E-state index contributed by atoms with van der Waals surface area (Å²) in [5.41, 5.74) is 5.70. The van der Waals surface area contributed by atoms with Gasteiger partial charge in [-0.05, 0) is 60.6 Å². The lowest BCUT2D eigenvalue weighted by Crippen LogP contribution is -2.47. The van der Waals surface area contributed by atoms with Crippen molar-refractivity contribution in [3.05, 3.63) is 82.0 Å². The zero-order valence-electron chi connectivity index (χ0n) is 21.5. The summed E-state index contributed by atoms with van der Waals surface area (Å²) in [6.45, 7) is 4.65. The smallest absolute Gasteiger partial charge is 0.254 e. The molecule has 3 aromatic rings. The molecule has 0 radical (unpaired) electrons. The van der Waals surface area contributed by atoms with Crippen molar-refractivity contribution in [3.63, 3.8) is 0 Å². The summed E-state index contributed by atoms with van der Waals surface area (Å²) in [7, 11) is 0. The quantitative estimate of drug-likeness (QED) is 0.506. The largest absolute Gasteiger partial charge is 0.381 e. The van der Waals surface area contributed by atoms with Crippen LogP contribution in [0.3, 0.4) is 0 Å². The van der Waals surface area contributed by atoms with Crippen LogP contribution in [0, 0.1) is 0 Å². The van der Waals surface area contributed by atoms with E-state index in [9.17, 15) is 9.59 Å². The van der Waals surface area contributed by atoms with Crippen molar-refractivity contribution in [2.24, 2.45) is 0 Å². The number of ether oxygens (including phenoxy) is 1. The fraction of sp³-hybridized carbons (Fsp3) is 0.367. The molecule has 0 aliphatic carbocycles. The summed E-state index contributed by atoms with van der Waals surface area (Å²) in [4.78, 5) is 34.7.